The van der Waals surface area contributed by atoms with Crippen LogP contribution in [0.1, 0.15) is 27.4 Å². The van der Waals surface area contributed by atoms with Gasteiger partial charge in [-0.15, -0.1) is 0 Å². The summed E-state index contributed by atoms with van der Waals surface area (Å²) in [6, 6.07) is 9.24. The lowest BCUT2D eigenvalue weighted by molar-refractivity contribution is 0.0772. The molecule has 0 aliphatic carbocycles. The summed E-state index contributed by atoms with van der Waals surface area (Å²) in [6.07, 6.45) is 0. The Bertz CT molecular complexity index is 934. The first-order chi connectivity index (χ1) is 13.8. The first kappa shape index (κ1) is 21.4. The molecule has 3 amide bonds. The molecule has 2 aromatic carbocycles. The molecular weight excluding hydrogens is 417 g/mol. The van der Waals surface area contributed by atoms with Crippen LogP contribution in [-0.2, 0) is 0 Å². The van der Waals surface area contributed by atoms with Crippen molar-refractivity contribution in [2.24, 2.45) is 0 Å². The molecular formula is C20H21Cl2N3O4. The zero-order valence-corrected chi connectivity index (χ0v) is 17.2. The molecule has 1 aliphatic rings. The molecule has 0 saturated heterocycles. The van der Waals surface area contributed by atoms with Crippen molar-refractivity contribution in [1.82, 2.24) is 10.2 Å². The lowest BCUT2D eigenvalue weighted by Gasteiger charge is -2.33. The first-order valence-corrected chi connectivity index (χ1v) is 9.73. The molecule has 1 unspecified atom stereocenters. The monoisotopic (exact) mass is 437 g/mol. The van der Waals surface area contributed by atoms with Gasteiger partial charge in [-0.05, 0) is 35.4 Å². The maximum atomic E-state index is 12.6. The molecule has 1 atom stereocenters. The second kappa shape index (κ2) is 9.00. The van der Waals surface area contributed by atoms with Gasteiger partial charge in [0, 0.05) is 30.2 Å². The topological polar surface area (TPSA) is 102 Å². The van der Waals surface area contributed by atoms with Gasteiger partial charge in [-0.3, -0.25) is 4.79 Å². The Morgan fingerprint density at radius 3 is 2.66 bits per heavy atom. The van der Waals surface area contributed by atoms with E-state index < -0.39 is 12.1 Å². The van der Waals surface area contributed by atoms with E-state index in [1.54, 1.807) is 42.3 Å². The number of likely N-dealkylation sites (N-methyl/N-ethyl adjacent to an activating group) is 1. The van der Waals surface area contributed by atoms with Crippen molar-refractivity contribution in [3.8, 4) is 0 Å². The van der Waals surface area contributed by atoms with E-state index in [2.05, 4.69) is 10.6 Å². The molecule has 4 N–H and O–H groups in total. The number of nitrogens with one attached hydrogen (secondary N) is 2. The average Bonchev–Trinajstić information content (AvgIpc) is 2.68. The van der Waals surface area contributed by atoms with Crippen LogP contribution in [-0.4, -0.2) is 59.9 Å². The van der Waals surface area contributed by atoms with Crippen LogP contribution in [0.5, 0.6) is 0 Å². The van der Waals surface area contributed by atoms with Crippen molar-refractivity contribution < 1.29 is 19.8 Å². The van der Waals surface area contributed by atoms with E-state index in [0.29, 0.717) is 27.8 Å². The first-order valence-electron chi connectivity index (χ1n) is 8.97. The number of amides is 3. The summed E-state index contributed by atoms with van der Waals surface area (Å²) < 4.78 is 0. The predicted molar refractivity (Wildman–Crippen MR) is 112 cm³/mol. The van der Waals surface area contributed by atoms with Crippen molar-refractivity contribution in [2.75, 3.05) is 32.1 Å². The summed E-state index contributed by atoms with van der Waals surface area (Å²) in [5, 5.41) is 24.1. The number of hydrogen-bond donors (Lipinski definition) is 4. The number of carbonyl (C=O) groups excluding carboxylic acids is 2. The number of carbonyl (C=O) groups is 2. The minimum atomic E-state index is -0.743. The smallest absolute Gasteiger partial charge is 0.319 e. The van der Waals surface area contributed by atoms with Crippen molar-refractivity contribution in [1.29, 1.82) is 0 Å². The van der Waals surface area contributed by atoms with Gasteiger partial charge in [0.15, 0.2) is 0 Å². The summed E-state index contributed by atoms with van der Waals surface area (Å²) in [7, 11) is 1.71. The zero-order valence-electron chi connectivity index (χ0n) is 15.7. The molecule has 2 aromatic rings. The summed E-state index contributed by atoms with van der Waals surface area (Å²) >= 11 is 12.5. The zero-order chi connectivity index (χ0) is 21.1. The van der Waals surface area contributed by atoms with Gasteiger partial charge in [-0.2, -0.15) is 0 Å². The van der Waals surface area contributed by atoms with Crippen LogP contribution < -0.4 is 10.6 Å². The summed E-state index contributed by atoms with van der Waals surface area (Å²) in [5.41, 5.74) is 2.58. The van der Waals surface area contributed by atoms with Gasteiger partial charge in [0.2, 0.25) is 0 Å². The molecule has 0 saturated carbocycles. The fraction of sp³-hybridized carbons (Fsp3) is 0.300. The second-order valence-electron chi connectivity index (χ2n) is 6.88. The third kappa shape index (κ3) is 4.64. The molecule has 0 fully saturated rings. The van der Waals surface area contributed by atoms with E-state index in [4.69, 9.17) is 33.4 Å². The quantitative estimate of drug-likeness (QED) is 0.577. The normalized spacial score (nSPS) is 16.0. The minimum Gasteiger partial charge on any atom is -0.394 e. The Kier molecular flexibility index (Phi) is 6.64. The SMILES string of the molecule is CN1CC(c2cccc(NC(=O)NC(CO)CO)c2)c2cc(Cl)cc(Cl)c2C1=O. The third-order valence-corrected chi connectivity index (χ3v) is 5.32. The summed E-state index contributed by atoms with van der Waals surface area (Å²) in [6.45, 7) is -0.301. The molecule has 7 nitrogen and oxygen atoms in total. The van der Waals surface area contributed by atoms with E-state index >= 15 is 0 Å². The maximum absolute atomic E-state index is 12.6. The van der Waals surface area contributed by atoms with Crippen molar-refractivity contribution >= 4 is 40.8 Å². The highest BCUT2D eigenvalue weighted by molar-refractivity contribution is 6.37. The van der Waals surface area contributed by atoms with E-state index in [1.165, 1.54) is 0 Å². The summed E-state index contributed by atoms with van der Waals surface area (Å²) in [5.74, 6) is -0.332. The molecule has 0 aromatic heterocycles. The van der Waals surface area contributed by atoms with Crippen LogP contribution in [0, 0.1) is 0 Å². The molecule has 154 valence electrons. The van der Waals surface area contributed by atoms with Crippen LogP contribution in [0.15, 0.2) is 36.4 Å². The largest absolute Gasteiger partial charge is 0.394 e. The fourth-order valence-electron chi connectivity index (χ4n) is 3.36. The van der Waals surface area contributed by atoms with Gasteiger partial charge in [-0.1, -0.05) is 35.3 Å². The lowest BCUT2D eigenvalue weighted by Crippen LogP contribution is -2.42. The average molecular weight is 438 g/mol. The number of urea groups is 1. The standard InChI is InChI=1S/C20H21Cl2N3O4/c1-25-8-16(15-6-12(21)7-17(22)18(15)19(25)28)11-3-2-4-13(5-11)23-20(29)24-14(9-26)10-27/h2-7,14,16,26-27H,8-10H2,1H3,(H2,23,24,29). The third-order valence-electron chi connectivity index (χ3n) is 4.80. The van der Waals surface area contributed by atoms with Gasteiger partial charge in [-0.25, -0.2) is 4.79 Å². The number of hydrogen-bond acceptors (Lipinski definition) is 4. The number of anilines is 1. The Balaban J connectivity index is 1.90. The van der Waals surface area contributed by atoms with Crippen molar-refractivity contribution in [3.05, 3.63) is 63.1 Å². The second-order valence-corrected chi connectivity index (χ2v) is 7.72. The molecule has 9 heteroatoms. The minimum absolute atomic E-state index is 0.161. The van der Waals surface area contributed by atoms with Gasteiger partial charge >= 0.3 is 6.03 Å². The Morgan fingerprint density at radius 2 is 1.97 bits per heavy atom. The number of nitrogens with zero attached hydrogens (tertiary/aromatic N) is 1. The number of benzene rings is 2. The Labute approximate surface area is 178 Å². The van der Waals surface area contributed by atoms with E-state index in [1.807, 2.05) is 6.07 Å². The molecule has 29 heavy (non-hydrogen) atoms. The molecule has 0 bridgehead atoms. The fourth-order valence-corrected chi connectivity index (χ4v) is 3.95. The molecule has 0 radical (unpaired) electrons. The van der Waals surface area contributed by atoms with Crippen LogP contribution in [0.25, 0.3) is 0 Å². The van der Waals surface area contributed by atoms with E-state index in [9.17, 15) is 9.59 Å². The molecule has 1 heterocycles. The van der Waals surface area contributed by atoms with Crippen LogP contribution in [0.2, 0.25) is 10.0 Å². The lowest BCUT2D eigenvalue weighted by atomic mass is 9.84. The number of rotatable bonds is 5. The predicted octanol–water partition coefficient (Wildman–Crippen LogP) is 2.69. The van der Waals surface area contributed by atoms with Gasteiger partial charge in [0.25, 0.3) is 5.91 Å². The van der Waals surface area contributed by atoms with E-state index in [0.717, 1.165) is 11.1 Å². The molecule has 1 aliphatic heterocycles. The van der Waals surface area contributed by atoms with Crippen LogP contribution in [0.4, 0.5) is 10.5 Å². The van der Waals surface area contributed by atoms with Gasteiger partial charge in [0.1, 0.15) is 0 Å². The van der Waals surface area contributed by atoms with Crippen molar-refractivity contribution in [2.45, 2.75) is 12.0 Å². The van der Waals surface area contributed by atoms with E-state index in [-0.39, 0.29) is 25.0 Å². The number of fused-ring (bicyclic) bond motifs is 1. The van der Waals surface area contributed by atoms with Crippen LogP contribution >= 0.6 is 23.2 Å². The van der Waals surface area contributed by atoms with Crippen molar-refractivity contribution in [3.63, 3.8) is 0 Å². The molecule has 3 rings (SSSR count). The Morgan fingerprint density at radius 1 is 1.24 bits per heavy atom. The van der Waals surface area contributed by atoms with Gasteiger partial charge in [0.05, 0.1) is 29.8 Å². The highest BCUT2D eigenvalue weighted by Gasteiger charge is 2.32. The number of aliphatic hydroxyl groups excluding tert-OH is 2. The highest BCUT2D eigenvalue weighted by Crippen LogP contribution is 2.38. The number of halogens is 2. The maximum Gasteiger partial charge on any atom is 0.319 e. The Hall–Kier alpha value is -2.32. The van der Waals surface area contributed by atoms with Gasteiger partial charge < -0.3 is 25.7 Å². The molecule has 0 spiro atoms. The summed E-state index contributed by atoms with van der Waals surface area (Å²) in [4.78, 5) is 26.3. The van der Waals surface area contributed by atoms with Crippen LogP contribution in [0.3, 0.4) is 0 Å². The highest BCUT2D eigenvalue weighted by atomic mass is 35.5. The number of aliphatic hydroxyl groups is 2.